The highest BCUT2D eigenvalue weighted by Gasteiger charge is 2.34. The minimum atomic E-state index is -1.05. The number of rotatable bonds is 6. The average molecular weight is 275 g/mol. The van der Waals surface area contributed by atoms with E-state index in [9.17, 15) is 14.7 Å². The molecule has 0 unspecified atom stereocenters. The fourth-order valence-electron chi connectivity index (χ4n) is 2.24. The zero-order chi connectivity index (χ0) is 14.7. The number of hydrogen-bond acceptors (Lipinski definition) is 2. The molecule has 0 bridgehead atoms. The molecule has 1 amide bonds. The van der Waals surface area contributed by atoms with Crippen LogP contribution in [0.1, 0.15) is 53.8 Å². The maximum absolute atomic E-state index is 12.6. The van der Waals surface area contributed by atoms with Gasteiger partial charge in [-0.05, 0) is 37.3 Å². The van der Waals surface area contributed by atoms with Crippen molar-refractivity contribution in [1.29, 1.82) is 0 Å². The number of carboxylic acids is 1. The van der Waals surface area contributed by atoms with Crippen LogP contribution in [0.15, 0.2) is 24.3 Å². The van der Waals surface area contributed by atoms with Gasteiger partial charge in [0.1, 0.15) is 0 Å². The average Bonchev–Trinajstić information content (AvgIpc) is 3.23. The van der Waals surface area contributed by atoms with Crippen molar-refractivity contribution in [2.45, 2.75) is 39.2 Å². The number of nitrogens with zero attached hydrogens (tertiary/aromatic N) is 1. The SMILES string of the molecule is CC(C)CCN(C(=O)c1ccccc1C(=O)O)C1CC1. The predicted molar refractivity (Wildman–Crippen MR) is 76.9 cm³/mol. The van der Waals surface area contributed by atoms with Crippen LogP contribution in [0.25, 0.3) is 0 Å². The van der Waals surface area contributed by atoms with Crippen LogP contribution < -0.4 is 0 Å². The van der Waals surface area contributed by atoms with E-state index in [1.54, 1.807) is 18.2 Å². The topological polar surface area (TPSA) is 57.6 Å². The molecule has 0 aliphatic heterocycles. The first-order valence-electron chi connectivity index (χ1n) is 7.14. The van der Waals surface area contributed by atoms with Crippen LogP contribution in [0.2, 0.25) is 0 Å². The van der Waals surface area contributed by atoms with Crippen molar-refractivity contribution in [3.63, 3.8) is 0 Å². The minimum Gasteiger partial charge on any atom is -0.478 e. The second-order valence-electron chi connectivity index (χ2n) is 5.76. The van der Waals surface area contributed by atoms with Crippen LogP contribution in [-0.2, 0) is 0 Å². The van der Waals surface area contributed by atoms with Crippen LogP contribution in [0, 0.1) is 5.92 Å². The van der Waals surface area contributed by atoms with E-state index in [0.717, 1.165) is 19.3 Å². The summed E-state index contributed by atoms with van der Waals surface area (Å²) in [7, 11) is 0. The third-order valence-electron chi connectivity index (χ3n) is 3.58. The summed E-state index contributed by atoms with van der Waals surface area (Å²) in [6.07, 6.45) is 3.00. The van der Waals surface area contributed by atoms with E-state index in [0.29, 0.717) is 24.1 Å². The molecule has 0 atom stereocenters. The molecule has 0 spiro atoms. The summed E-state index contributed by atoms with van der Waals surface area (Å²) >= 11 is 0. The second-order valence-corrected chi connectivity index (χ2v) is 5.76. The van der Waals surface area contributed by atoms with Crippen LogP contribution in [0.5, 0.6) is 0 Å². The Labute approximate surface area is 119 Å². The van der Waals surface area contributed by atoms with Crippen molar-refractivity contribution in [3.05, 3.63) is 35.4 Å². The molecule has 1 aromatic carbocycles. The number of aromatic carboxylic acids is 1. The van der Waals surface area contributed by atoms with E-state index >= 15 is 0 Å². The zero-order valence-electron chi connectivity index (χ0n) is 12.0. The number of carbonyl (C=O) groups excluding carboxylic acids is 1. The summed E-state index contributed by atoms with van der Waals surface area (Å²) in [5.74, 6) is -0.668. The van der Waals surface area contributed by atoms with E-state index in [-0.39, 0.29) is 11.5 Å². The number of carbonyl (C=O) groups is 2. The van der Waals surface area contributed by atoms with Crippen LogP contribution >= 0.6 is 0 Å². The van der Waals surface area contributed by atoms with Gasteiger partial charge in [0.05, 0.1) is 11.1 Å². The van der Waals surface area contributed by atoms with Gasteiger partial charge in [0, 0.05) is 12.6 Å². The lowest BCUT2D eigenvalue weighted by Crippen LogP contribution is -2.35. The molecule has 108 valence electrons. The lowest BCUT2D eigenvalue weighted by atomic mass is 10.1. The van der Waals surface area contributed by atoms with Crippen molar-refractivity contribution >= 4 is 11.9 Å². The molecule has 1 aliphatic rings. The van der Waals surface area contributed by atoms with Crippen LogP contribution in [-0.4, -0.2) is 34.5 Å². The largest absolute Gasteiger partial charge is 0.478 e. The fraction of sp³-hybridized carbons (Fsp3) is 0.500. The molecule has 0 radical (unpaired) electrons. The number of benzene rings is 1. The summed E-state index contributed by atoms with van der Waals surface area (Å²) in [6, 6.07) is 6.76. The van der Waals surface area contributed by atoms with Gasteiger partial charge < -0.3 is 10.0 Å². The highest BCUT2D eigenvalue weighted by molar-refractivity contribution is 6.04. The van der Waals surface area contributed by atoms with E-state index in [4.69, 9.17) is 0 Å². The van der Waals surface area contributed by atoms with Gasteiger partial charge in [-0.15, -0.1) is 0 Å². The van der Waals surface area contributed by atoms with Crippen molar-refractivity contribution < 1.29 is 14.7 Å². The minimum absolute atomic E-state index is 0.0905. The Morgan fingerprint density at radius 1 is 1.25 bits per heavy atom. The molecule has 4 nitrogen and oxygen atoms in total. The molecule has 1 fully saturated rings. The summed E-state index contributed by atoms with van der Waals surface area (Å²) in [5.41, 5.74) is 0.392. The second kappa shape index (κ2) is 6.07. The summed E-state index contributed by atoms with van der Waals surface area (Å²) in [5, 5.41) is 9.20. The molecule has 4 heteroatoms. The standard InChI is InChI=1S/C16H21NO3/c1-11(2)9-10-17(12-7-8-12)15(18)13-5-3-4-6-14(13)16(19)20/h3-6,11-12H,7-10H2,1-2H3,(H,19,20). The first-order valence-corrected chi connectivity index (χ1v) is 7.14. The zero-order valence-corrected chi connectivity index (χ0v) is 12.0. The Bertz CT molecular complexity index is 506. The third-order valence-corrected chi connectivity index (χ3v) is 3.58. The number of carboxylic acid groups (broad SMARTS) is 1. The van der Waals surface area contributed by atoms with Gasteiger partial charge in [0.25, 0.3) is 5.91 Å². The normalized spacial score (nSPS) is 14.3. The van der Waals surface area contributed by atoms with Crippen LogP contribution in [0.4, 0.5) is 0 Å². The van der Waals surface area contributed by atoms with E-state index in [2.05, 4.69) is 13.8 Å². The van der Waals surface area contributed by atoms with Crippen molar-refractivity contribution in [3.8, 4) is 0 Å². The predicted octanol–water partition coefficient (Wildman–Crippen LogP) is 3.04. The first kappa shape index (κ1) is 14.6. The molecule has 0 saturated heterocycles. The molecule has 0 aromatic heterocycles. The third kappa shape index (κ3) is 3.38. The lowest BCUT2D eigenvalue weighted by molar-refractivity contribution is 0.0669. The summed E-state index contributed by atoms with van der Waals surface area (Å²) < 4.78 is 0. The molecule has 0 heterocycles. The smallest absolute Gasteiger partial charge is 0.336 e. The monoisotopic (exact) mass is 275 g/mol. The Hall–Kier alpha value is -1.84. The van der Waals surface area contributed by atoms with Gasteiger partial charge in [-0.2, -0.15) is 0 Å². The van der Waals surface area contributed by atoms with Gasteiger partial charge in [0.2, 0.25) is 0 Å². The van der Waals surface area contributed by atoms with Crippen molar-refractivity contribution in [2.24, 2.45) is 5.92 Å². The fourth-order valence-corrected chi connectivity index (χ4v) is 2.24. The van der Waals surface area contributed by atoms with Gasteiger partial charge in [-0.25, -0.2) is 4.79 Å². The molecule has 1 N–H and O–H groups in total. The molecule has 1 aliphatic carbocycles. The maximum Gasteiger partial charge on any atom is 0.336 e. The van der Waals surface area contributed by atoms with Gasteiger partial charge in [-0.1, -0.05) is 26.0 Å². The molecular weight excluding hydrogens is 254 g/mol. The van der Waals surface area contributed by atoms with E-state index in [1.165, 1.54) is 6.07 Å². The molecule has 1 aromatic rings. The Morgan fingerprint density at radius 3 is 2.35 bits per heavy atom. The molecule has 1 saturated carbocycles. The van der Waals surface area contributed by atoms with Crippen molar-refractivity contribution in [1.82, 2.24) is 4.90 Å². The quantitative estimate of drug-likeness (QED) is 0.868. The Morgan fingerprint density at radius 2 is 1.85 bits per heavy atom. The van der Waals surface area contributed by atoms with Crippen molar-refractivity contribution in [2.75, 3.05) is 6.54 Å². The molecule has 2 rings (SSSR count). The van der Waals surface area contributed by atoms with Gasteiger partial charge >= 0.3 is 5.97 Å². The van der Waals surface area contributed by atoms with E-state index in [1.807, 2.05) is 4.90 Å². The summed E-state index contributed by atoms with van der Waals surface area (Å²) in [6.45, 7) is 4.95. The maximum atomic E-state index is 12.6. The number of amides is 1. The van der Waals surface area contributed by atoms with E-state index < -0.39 is 5.97 Å². The lowest BCUT2D eigenvalue weighted by Gasteiger charge is -2.24. The highest BCUT2D eigenvalue weighted by Crippen LogP contribution is 2.29. The van der Waals surface area contributed by atoms with Gasteiger partial charge in [-0.3, -0.25) is 4.79 Å². The number of hydrogen-bond donors (Lipinski definition) is 1. The Balaban J connectivity index is 2.21. The summed E-state index contributed by atoms with van der Waals surface area (Å²) in [4.78, 5) is 25.7. The molecule has 20 heavy (non-hydrogen) atoms. The first-order chi connectivity index (χ1) is 9.50. The van der Waals surface area contributed by atoms with Crippen LogP contribution in [0.3, 0.4) is 0 Å². The highest BCUT2D eigenvalue weighted by atomic mass is 16.4. The Kier molecular flexibility index (Phi) is 4.42. The molecular formula is C16H21NO3. The van der Waals surface area contributed by atoms with Gasteiger partial charge in [0.15, 0.2) is 0 Å².